The number of carboxylic acids is 1. The van der Waals surface area contributed by atoms with Gasteiger partial charge in [-0.3, -0.25) is 28.8 Å². The van der Waals surface area contributed by atoms with Gasteiger partial charge in [0.2, 0.25) is 5.91 Å². The minimum absolute atomic E-state index is 0.00942. The summed E-state index contributed by atoms with van der Waals surface area (Å²) >= 11 is 0. The van der Waals surface area contributed by atoms with Gasteiger partial charge in [-0.25, -0.2) is 9.48 Å². The maximum Gasteiger partial charge on any atom is 0.408 e. The third-order valence-electron chi connectivity index (χ3n) is 9.52. The largest absolute Gasteiger partial charge is 0.481 e. The van der Waals surface area contributed by atoms with Crippen LogP contribution < -0.4 is 16.2 Å². The average molecular weight is 787 g/mol. The van der Waals surface area contributed by atoms with E-state index in [-0.39, 0.29) is 54.7 Å². The number of fused-ring (bicyclic) bond motifs is 2. The highest BCUT2D eigenvalue weighted by Gasteiger charge is 2.30. The number of hydrogen-bond donors (Lipinski definition) is 3. The number of aryl methyl sites for hydroxylation is 1. The maximum atomic E-state index is 13.7. The number of nitrogens with one attached hydrogen (secondary N) is 2. The van der Waals surface area contributed by atoms with Gasteiger partial charge in [-0.15, -0.1) is 0 Å². The van der Waals surface area contributed by atoms with Gasteiger partial charge in [-0.2, -0.15) is 23.4 Å². The number of hydrogen-bond acceptors (Lipinski definition) is 8. The summed E-state index contributed by atoms with van der Waals surface area (Å²) in [5, 5.41) is 23.6. The molecule has 0 saturated heterocycles. The van der Waals surface area contributed by atoms with E-state index in [2.05, 4.69) is 25.8 Å². The van der Waals surface area contributed by atoms with Crippen LogP contribution in [0.1, 0.15) is 62.5 Å². The summed E-state index contributed by atoms with van der Waals surface area (Å²) < 4.78 is 43.2. The van der Waals surface area contributed by atoms with Crippen LogP contribution in [0.3, 0.4) is 0 Å². The molecule has 3 aromatic heterocycles. The number of ketones is 1. The lowest BCUT2D eigenvalue weighted by Gasteiger charge is -2.17. The Balaban J connectivity index is 1.09. The van der Waals surface area contributed by atoms with Crippen LogP contribution >= 0.6 is 0 Å². The van der Waals surface area contributed by atoms with Crippen LogP contribution in [0.4, 0.5) is 23.7 Å². The van der Waals surface area contributed by atoms with E-state index in [1.807, 2.05) is 6.07 Å². The number of amides is 3. The first-order chi connectivity index (χ1) is 27.3. The summed E-state index contributed by atoms with van der Waals surface area (Å²) in [7, 11) is 0. The molecule has 0 bridgehead atoms. The van der Waals surface area contributed by atoms with E-state index in [1.165, 1.54) is 6.07 Å². The van der Waals surface area contributed by atoms with Crippen LogP contribution in [0.5, 0.6) is 0 Å². The summed E-state index contributed by atoms with van der Waals surface area (Å²) in [5.74, 6) is -1.57. The van der Waals surface area contributed by atoms with E-state index in [0.717, 1.165) is 36.8 Å². The van der Waals surface area contributed by atoms with Crippen molar-refractivity contribution < 1.29 is 37.5 Å². The number of Topliss-reactive ketones (excluding diaryl/α,β-unsaturated/α-hetero) is 1. The highest BCUT2D eigenvalue weighted by atomic mass is 19.4. The molecule has 0 aliphatic carbocycles. The fourth-order valence-electron chi connectivity index (χ4n) is 6.58. The van der Waals surface area contributed by atoms with Gasteiger partial charge in [-0.05, 0) is 59.9 Å². The van der Waals surface area contributed by atoms with Gasteiger partial charge in [0.25, 0.3) is 5.56 Å². The van der Waals surface area contributed by atoms with Crippen molar-refractivity contribution in [2.24, 2.45) is 0 Å². The number of carbonyl (C=O) groups is 4. The Bertz CT molecular complexity index is 2300. The summed E-state index contributed by atoms with van der Waals surface area (Å²) in [6, 6.07) is 14.6. The Morgan fingerprint density at radius 2 is 1.60 bits per heavy atom. The topological polar surface area (TPSA) is 181 Å². The lowest BCUT2D eigenvalue weighted by atomic mass is 10.0. The first-order valence-electron chi connectivity index (χ1n) is 18.6. The first-order valence-corrected chi connectivity index (χ1v) is 18.6. The van der Waals surface area contributed by atoms with E-state index in [4.69, 9.17) is 5.11 Å². The first kappa shape index (κ1) is 40.3. The molecule has 0 radical (unpaired) electrons. The second kappa shape index (κ2) is 18.0. The molecule has 17 heteroatoms. The standard InChI is InChI=1S/C40H41F3N8O6/c41-40(42,43)25-51-38(56)32(20-35(48-51)26-8-10-29(11-9-26)46-39(57)49-22-27-16-18-44-21-28(27)23-49)31-6-5-7-34-33(31)24-50(47-34)19-4-2-1-3-17-45-36(53)14-12-30(52)13-15-37(54)55/h5-11,16,18,20-21,24H,1-4,12-15,17,19,22-23,25H2,(H,45,53)(H,46,57)(H,54,55). The van der Waals surface area contributed by atoms with Gasteiger partial charge in [-0.1, -0.05) is 37.1 Å². The lowest BCUT2D eigenvalue weighted by molar-refractivity contribution is -0.143. The van der Waals surface area contributed by atoms with Gasteiger partial charge in [0, 0.05) is 80.7 Å². The number of alkyl halides is 3. The number of halogens is 3. The summed E-state index contributed by atoms with van der Waals surface area (Å²) in [4.78, 5) is 66.5. The van der Waals surface area contributed by atoms with Gasteiger partial charge >= 0.3 is 18.2 Å². The molecule has 0 saturated carbocycles. The number of rotatable bonds is 17. The molecule has 57 heavy (non-hydrogen) atoms. The molecule has 2 aromatic carbocycles. The van der Waals surface area contributed by atoms with Crippen molar-refractivity contribution in [3.05, 3.63) is 94.7 Å². The molecule has 1 aliphatic rings. The summed E-state index contributed by atoms with van der Waals surface area (Å²) in [5.41, 5.74) is 3.14. The zero-order chi connectivity index (χ0) is 40.5. The van der Waals surface area contributed by atoms with E-state index in [1.54, 1.807) is 70.6 Å². The molecular formula is C40H41F3N8O6. The second-order valence-electron chi connectivity index (χ2n) is 13.9. The van der Waals surface area contributed by atoms with Crippen molar-refractivity contribution in [1.29, 1.82) is 0 Å². The Kier molecular flexibility index (Phi) is 12.7. The number of carboxylic acid groups (broad SMARTS) is 1. The molecule has 5 aromatic rings. The lowest BCUT2D eigenvalue weighted by Crippen LogP contribution is -2.31. The van der Waals surface area contributed by atoms with Crippen LogP contribution in [-0.2, 0) is 40.6 Å². The van der Waals surface area contributed by atoms with Crippen molar-refractivity contribution in [2.45, 2.75) is 83.7 Å². The number of pyridine rings is 1. The predicted molar refractivity (Wildman–Crippen MR) is 204 cm³/mol. The van der Waals surface area contributed by atoms with Gasteiger partial charge in [0.1, 0.15) is 12.3 Å². The third kappa shape index (κ3) is 10.9. The minimum atomic E-state index is -4.71. The van der Waals surface area contributed by atoms with E-state index in [0.29, 0.717) is 58.6 Å². The Labute approximate surface area is 324 Å². The number of unbranched alkanes of at least 4 members (excludes halogenated alkanes) is 3. The fraction of sp³-hybridized carbons (Fsp3) is 0.350. The molecule has 4 heterocycles. The van der Waals surface area contributed by atoms with Crippen LogP contribution in [0, 0.1) is 0 Å². The zero-order valence-electron chi connectivity index (χ0n) is 30.9. The highest BCUT2D eigenvalue weighted by molar-refractivity contribution is 5.95. The molecule has 298 valence electrons. The highest BCUT2D eigenvalue weighted by Crippen LogP contribution is 2.30. The zero-order valence-corrected chi connectivity index (χ0v) is 30.9. The number of aliphatic carboxylic acids is 1. The van der Waals surface area contributed by atoms with Crippen LogP contribution in [0.2, 0.25) is 0 Å². The number of nitrogens with zero attached hydrogens (tertiary/aromatic N) is 6. The number of carbonyl (C=O) groups excluding carboxylic acids is 3. The van der Waals surface area contributed by atoms with Crippen molar-refractivity contribution >= 4 is 40.3 Å². The monoisotopic (exact) mass is 786 g/mol. The van der Waals surface area contributed by atoms with Crippen molar-refractivity contribution in [3.8, 4) is 22.4 Å². The number of anilines is 1. The molecule has 14 nitrogen and oxygen atoms in total. The number of urea groups is 1. The Morgan fingerprint density at radius 1 is 0.842 bits per heavy atom. The second-order valence-corrected chi connectivity index (χ2v) is 13.9. The molecule has 0 unspecified atom stereocenters. The number of benzene rings is 2. The minimum Gasteiger partial charge on any atom is -0.481 e. The van der Waals surface area contributed by atoms with Crippen LogP contribution in [0.15, 0.2) is 78.0 Å². The fourth-order valence-corrected chi connectivity index (χ4v) is 6.58. The van der Waals surface area contributed by atoms with Crippen molar-refractivity contribution in [1.82, 2.24) is 34.8 Å². The normalized spacial score (nSPS) is 12.4. The molecule has 0 fully saturated rings. The summed E-state index contributed by atoms with van der Waals surface area (Å²) in [6.07, 6.45) is 3.29. The summed E-state index contributed by atoms with van der Waals surface area (Å²) in [6.45, 7) is 0.274. The van der Waals surface area contributed by atoms with Gasteiger partial charge < -0.3 is 20.6 Å². The van der Waals surface area contributed by atoms with Crippen molar-refractivity contribution in [3.63, 3.8) is 0 Å². The molecule has 6 rings (SSSR count). The Hall–Kier alpha value is -6.39. The predicted octanol–water partition coefficient (Wildman–Crippen LogP) is 6.32. The van der Waals surface area contributed by atoms with Crippen LogP contribution in [-0.4, -0.2) is 71.0 Å². The van der Waals surface area contributed by atoms with Gasteiger partial charge in [0.05, 0.1) is 23.2 Å². The molecule has 0 atom stereocenters. The smallest absolute Gasteiger partial charge is 0.408 e. The van der Waals surface area contributed by atoms with Gasteiger partial charge in [0.15, 0.2) is 0 Å². The molecule has 1 aliphatic heterocycles. The molecular weight excluding hydrogens is 745 g/mol. The Morgan fingerprint density at radius 3 is 2.35 bits per heavy atom. The number of aromatic nitrogens is 5. The molecule has 3 N–H and O–H groups in total. The third-order valence-corrected chi connectivity index (χ3v) is 9.52. The molecule has 3 amide bonds. The van der Waals surface area contributed by atoms with Crippen LogP contribution in [0.25, 0.3) is 33.3 Å². The maximum absolute atomic E-state index is 13.7. The average Bonchev–Trinajstić information content (AvgIpc) is 3.81. The van der Waals surface area contributed by atoms with Crippen molar-refractivity contribution in [2.75, 3.05) is 11.9 Å². The molecule has 0 spiro atoms. The van der Waals surface area contributed by atoms with E-state index < -0.39 is 24.2 Å². The van der Waals surface area contributed by atoms with E-state index >= 15 is 0 Å². The van der Waals surface area contributed by atoms with E-state index in [9.17, 15) is 37.1 Å². The SMILES string of the molecule is O=C(O)CCC(=O)CCC(=O)NCCCCCCn1cc2c(-c3cc(-c4ccc(NC(=O)N5Cc6ccncc6C5)cc4)nn(CC(F)(F)F)c3=O)cccc2n1. The quantitative estimate of drug-likeness (QED) is 0.0909.